The molecule has 0 aliphatic heterocycles. The number of alkyl halides is 1. The van der Waals surface area contributed by atoms with Crippen molar-refractivity contribution < 1.29 is 4.39 Å². The second kappa shape index (κ2) is 7.93. The van der Waals surface area contributed by atoms with Crippen molar-refractivity contribution in [2.45, 2.75) is 71.1 Å². The third-order valence-electron chi connectivity index (χ3n) is 3.43. The lowest BCUT2D eigenvalue weighted by Crippen LogP contribution is -2.31. The van der Waals surface area contributed by atoms with Gasteiger partial charge >= 0.3 is 0 Å². The van der Waals surface area contributed by atoms with Crippen LogP contribution in [0.25, 0.3) is 0 Å². The summed E-state index contributed by atoms with van der Waals surface area (Å²) in [5.74, 6) is 0.806. The van der Waals surface area contributed by atoms with Crippen LogP contribution < -0.4 is 0 Å². The predicted octanol–water partition coefficient (Wildman–Crippen LogP) is 5.23. The average molecular weight is 266 g/mol. The van der Waals surface area contributed by atoms with E-state index in [9.17, 15) is 4.39 Å². The molecule has 0 heterocycles. The molecule has 0 amide bonds. The van der Waals surface area contributed by atoms with Crippen molar-refractivity contribution in [2.24, 2.45) is 5.41 Å². The first-order valence-electron chi connectivity index (χ1n) is 6.54. The molecule has 0 bridgehead atoms. The number of hydrogen-bond acceptors (Lipinski definition) is 1. The summed E-state index contributed by atoms with van der Waals surface area (Å²) in [4.78, 5) is 0. The molecule has 0 aliphatic carbocycles. The highest BCUT2D eigenvalue weighted by atomic mass is 32.1. The van der Waals surface area contributed by atoms with Crippen molar-refractivity contribution >= 4 is 21.9 Å². The lowest BCUT2D eigenvalue weighted by Gasteiger charge is -2.37. The summed E-state index contributed by atoms with van der Waals surface area (Å²) >= 11 is 4.48. The fourth-order valence-electron chi connectivity index (χ4n) is 2.35. The molecule has 0 nitrogen and oxygen atoms in total. The van der Waals surface area contributed by atoms with E-state index in [2.05, 4.69) is 35.7 Å². The Bertz CT molecular complexity index is 185. The van der Waals surface area contributed by atoms with Crippen LogP contribution in [0.3, 0.4) is 0 Å². The largest absolute Gasteiger partial charge is 0.240 e. The Morgan fingerprint density at radius 1 is 1.12 bits per heavy atom. The van der Waals surface area contributed by atoms with Crippen molar-refractivity contribution in [3.05, 3.63) is 0 Å². The molecule has 0 spiro atoms. The molecule has 16 heavy (non-hydrogen) atoms. The summed E-state index contributed by atoms with van der Waals surface area (Å²) in [7, 11) is 2.40. The van der Waals surface area contributed by atoms with Gasteiger partial charge in [-0.3, -0.25) is 0 Å². The van der Waals surface area contributed by atoms with Gasteiger partial charge < -0.3 is 0 Å². The Kier molecular flexibility index (Phi) is 8.28. The monoisotopic (exact) mass is 266 g/mol. The minimum Gasteiger partial charge on any atom is -0.240 e. The van der Waals surface area contributed by atoms with E-state index >= 15 is 0 Å². The molecule has 3 heteroatoms. The fraction of sp³-hybridized carbons (Fsp3) is 1.00. The molecule has 0 aromatic carbocycles. The maximum atomic E-state index is 14.2. The molecule has 0 radical (unpaired) electrons. The molecule has 0 N–H and O–H groups in total. The van der Waals surface area contributed by atoms with Crippen LogP contribution in [0, 0.1) is 5.41 Å². The van der Waals surface area contributed by atoms with E-state index in [1.165, 1.54) is 12.8 Å². The fourth-order valence-corrected chi connectivity index (χ4v) is 3.21. The van der Waals surface area contributed by atoms with E-state index < -0.39 is 5.41 Å². The Balaban J connectivity index is 4.60. The standard InChI is InChI=1S/C13H28FPS/c1-4-7-9-12(11-16,8-5-2)10-13(14,15)6-3/h16H,4-11,15H2,1-3H3. The van der Waals surface area contributed by atoms with E-state index in [1.807, 2.05) is 6.92 Å². The number of halogens is 1. The summed E-state index contributed by atoms with van der Waals surface area (Å²) in [6.45, 7) is 6.29. The number of hydrogen-bond donors (Lipinski definition) is 1. The van der Waals surface area contributed by atoms with Gasteiger partial charge in [-0.15, -0.1) is 0 Å². The van der Waals surface area contributed by atoms with E-state index in [1.54, 1.807) is 0 Å². The summed E-state index contributed by atoms with van der Waals surface area (Å²) < 4.78 is 14.2. The number of unbranched alkanes of at least 4 members (excludes halogenated alkanes) is 1. The normalized spacial score (nSPS) is 19.1. The maximum Gasteiger partial charge on any atom is 0.124 e. The van der Waals surface area contributed by atoms with Gasteiger partial charge in [-0.25, -0.2) is 4.39 Å². The third-order valence-corrected chi connectivity index (χ3v) is 4.72. The highest BCUT2D eigenvalue weighted by Gasteiger charge is 2.36. The summed E-state index contributed by atoms with van der Waals surface area (Å²) in [5, 5.41) is -1.11. The third kappa shape index (κ3) is 5.87. The first-order chi connectivity index (χ1) is 7.45. The second-order valence-electron chi connectivity index (χ2n) is 5.08. The zero-order valence-electron chi connectivity index (χ0n) is 11.1. The molecule has 0 aromatic heterocycles. The van der Waals surface area contributed by atoms with E-state index in [-0.39, 0.29) is 5.41 Å². The first kappa shape index (κ1) is 16.7. The molecule has 3 unspecified atom stereocenters. The van der Waals surface area contributed by atoms with Crippen LogP contribution in [0.1, 0.15) is 65.7 Å². The van der Waals surface area contributed by atoms with Gasteiger partial charge in [0.15, 0.2) is 0 Å². The number of rotatable bonds is 9. The minimum atomic E-state index is -1.11. The highest BCUT2D eigenvalue weighted by Crippen LogP contribution is 2.44. The summed E-state index contributed by atoms with van der Waals surface area (Å²) in [5.41, 5.74) is 0.0976. The molecule has 98 valence electrons. The average Bonchev–Trinajstić information content (AvgIpc) is 2.26. The van der Waals surface area contributed by atoms with Gasteiger partial charge in [0.25, 0.3) is 0 Å². The number of thiol groups is 1. The van der Waals surface area contributed by atoms with Crippen molar-refractivity contribution in [1.29, 1.82) is 0 Å². The SMILES string of the molecule is CCCCC(CS)(CCC)CC(F)(P)CC. The lowest BCUT2D eigenvalue weighted by molar-refractivity contribution is 0.141. The van der Waals surface area contributed by atoms with Crippen molar-refractivity contribution in [3.63, 3.8) is 0 Å². The predicted molar refractivity (Wildman–Crippen MR) is 79.2 cm³/mol. The summed E-state index contributed by atoms with van der Waals surface area (Å²) in [6.07, 6.45) is 6.90. The van der Waals surface area contributed by atoms with Gasteiger partial charge in [0.1, 0.15) is 5.41 Å². The summed E-state index contributed by atoms with van der Waals surface area (Å²) in [6, 6.07) is 0. The Morgan fingerprint density at radius 3 is 2.12 bits per heavy atom. The van der Waals surface area contributed by atoms with E-state index in [0.29, 0.717) is 12.8 Å². The van der Waals surface area contributed by atoms with Crippen LogP contribution in [0.4, 0.5) is 4.39 Å². The van der Waals surface area contributed by atoms with Gasteiger partial charge in [-0.05, 0) is 36.9 Å². The molecule has 0 aromatic rings. The molecular weight excluding hydrogens is 238 g/mol. The van der Waals surface area contributed by atoms with E-state index in [0.717, 1.165) is 25.0 Å². The molecule has 0 aliphatic rings. The van der Waals surface area contributed by atoms with Gasteiger partial charge in [0.05, 0.1) is 0 Å². The highest BCUT2D eigenvalue weighted by molar-refractivity contribution is 7.80. The van der Waals surface area contributed by atoms with Crippen LogP contribution in [0.15, 0.2) is 0 Å². The van der Waals surface area contributed by atoms with Crippen molar-refractivity contribution in [2.75, 3.05) is 5.75 Å². The molecule has 0 fully saturated rings. The smallest absolute Gasteiger partial charge is 0.124 e. The van der Waals surface area contributed by atoms with Crippen LogP contribution in [0.2, 0.25) is 0 Å². The topological polar surface area (TPSA) is 0 Å². The van der Waals surface area contributed by atoms with Crippen LogP contribution in [-0.4, -0.2) is 11.2 Å². The molecule has 0 saturated carbocycles. The lowest BCUT2D eigenvalue weighted by atomic mass is 9.76. The van der Waals surface area contributed by atoms with E-state index in [4.69, 9.17) is 0 Å². The van der Waals surface area contributed by atoms with Crippen molar-refractivity contribution in [1.82, 2.24) is 0 Å². The molecule has 3 atom stereocenters. The maximum absolute atomic E-state index is 14.2. The Labute approximate surface area is 109 Å². The second-order valence-corrected chi connectivity index (χ2v) is 6.43. The molecular formula is C13H28FPS. The van der Waals surface area contributed by atoms with Crippen LogP contribution >= 0.6 is 21.9 Å². The van der Waals surface area contributed by atoms with Gasteiger partial charge in [0.2, 0.25) is 0 Å². The van der Waals surface area contributed by atoms with Crippen LogP contribution in [-0.2, 0) is 0 Å². The van der Waals surface area contributed by atoms with Crippen LogP contribution in [0.5, 0.6) is 0 Å². The quantitative estimate of drug-likeness (QED) is 0.428. The Morgan fingerprint density at radius 2 is 1.75 bits per heavy atom. The van der Waals surface area contributed by atoms with Gasteiger partial charge in [-0.1, -0.05) is 49.3 Å². The first-order valence-corrected chi connectivity index (χ1v) is 7.75. The van der Waals surface area contributed by atoms with Gasteiger partial charge in [-0.2, -0.15) is 12.6 Å². The Hall–Kier alpha value is 0.710. The zero-order valence-corrected chi connectivity index (χ0v) is 13.1. The molecule has 0 saturated heterocycles. The zero-order chi connectivity index (χ0) is 12.7. The van der Waals surface area contributed by atoms with Crippen molar-refractivity contribution in [3.8, 4) is 0 Å². The molecule has 0 rings (SSSR count). The van der Waals surface area contributed by atoms with Gasteiger partial charge in [0, 0.05) is 0 Å². The minimum absolute atomic E-state index is 0.0976.